The van der Waals surface area contributed by atoms with E-state index in [0.717, 1.165) is 16.3 Å². The van der Waals surface area contributed by atoms with Crippen LogP contribution >= 0.6 is 15.9 Å². The predicted molar refractivity (Wildman–Crippen MR) is 84.9 cm³/mol. The Kier molecular flexibility index (Phi) is 5.22. The molecule has 21 heavy (non-hydrogen) atoms. The summed E-state index contributed by atoms with van der Waals surface area (Å²) in [7, 11) is 0. The maximum Gasteiger partial charge on any atom is 0.271 e. The summed E-state index contributed by atoms with van der Waals surface area (Å²) in [4.78, 5) is 12.0. The summed E-state index contributed by atoms with van der Waals surface area (Å²) in [5.74, 6) is -0.345. The predicted octanol–water partition coefficient (Wildman–Crippen LogP) is 3.04. The van der Waals surface area contributed by atoms with Gasteiger partial charge >= 0.3 is 0 Å². The number of rotatable bonds is 4. The van der Waals surface area contributed by atoms with E-state index in [1.807, 2.05) is 18.2 Å². The molecular formula is C15H12BrN3O2. The van der Waals surface area contributed by atoms with Gasteiger partial charge in [0.05, 0.1) is 6.21 Å². The van der Waals surface area contributed by atoms with Gasteiger partial charge in [0.2, 0.25) is 0 Å². The summed E-state index contributed by atoms with van der Waals surface area (Å²) in [6.45, 7) is 0. The van der Waals surface area contributed by atoms with E-state index >= 15 is 0 Å². The zero-order valence-electron chi connectivity index (χ0n) is 10.9. The van der Waals surface area contributed by atoms with E-state index in [2.05, 4.69) is 31.6 Å². The van der Waals surface area contributed by atoms with Crippen molar-refractivity contribution >= 4 is 33.8 Å². The van der Waals surface area contributed by atoms with E-state index < -0.39 is 0 Å². The van der Waals surface area contributed by atoms with Gasteiger partial charge in [0.1, 0.15) is 5.71 Å². The largest absolute Gasteiger partial charge is 0.411 e. The van der Waals surface area contributed by atoms with Crippen LogP contribution in [0.3, 0.4) is 0 Å². The quantitative estimate of drug-likeness (QED) is 0.507. The van der Waals surface area contributed by atoms with Gasteiger partial charge in [-0.05, 0) is 24.3 Å². The van der Waals surface area contributed by atoms with Crippen molar-refractivity contribution in [2.45, 2.75) is 0 Å². The summed E-state index contributed by atoms with van der Waals surface area (Å²) in [5.41, 5.74) is 3.99. The minimum Gasteiger partial charge on any atom is -0.411 e. The molecule has 0 heterocycles. The smallest absolute Gasteiger partial charge is 0.271 e. The van der Waals surface area contributed by atoms with Crippen LogP contribution in [0.15, 0.2) is 69.3 Å². The molecule has 0 aliphatic carbocycles. The SMILES string of the molecule is O=C(N/N=C(\C=N\O)c1ccccc1)c1ccc(Br)cc1. The number of hydrazone groups is 1. The first-order chi connectivity index (χ1) is 10.2. The summed E-state index contributed by atoms with van der Waals surface area (Å²) in [6.07, 6.45) is 1.16. The third-order valence-corrected chi connectivity index (χ3v) is 3.16. The minimum absolute atomic E-state index is 0.345. The molecule has 0 aliphatic heterocycles. The lowest BCUT2D eigenvalue weighted by Crippen LogP contribution is -2.20. The van der Waals surface area contributed by atoms with Gasteiger partial charge in [-0.2, -0.15) is 5.10 Å². The first kappa shape index (κ1) is 14.9. The number of halogens is 1. The van der Waals surface area contributed by atoms with Crippen LogP contribution in [-0.4, -0.2) is 23.0 Å². The second-order valence-corrected chi connectivity index (χ2v) is 4.97. The van der Waals surface area contributed by atoms with Crippen LogP contribution in [0, 0.1) is 0 Å². The highest BCUT2D eigenvalue weighted by molar-refractivity contribution is 9.10. The molecule has 2 aromatic rings. The Morgan fingerprint density at radius 2 is 1.71 bits per heavy atom. The fraction of sp³-hybridized carbons (Fsp3) is 0. The van der Waals surface area contributed by atoms with Crippen molar-refractivity contribution in [1.29, 1.82) is 0 Å². The van der Waals surface area contributed by atoms with Gasteiger partial charge in [0, 0.05) is 15.6 Å². The maximum atomic E-state index is 12.0. The van der Waals surface area contributed by atoms with Gasteiger partial charge in [-0.25, -0.2) is 5.43 Å². The Balaban J connectivity index is 2.16. The van der Waals surface area contributed by atoms with Gasteiger partial charge in [-0.15, -0.1) is 0 Å². The van der Waals surface area contributed by atoms with Gasteiger partial charge in [0.25, 0.3) is 5.91 Å². The number of hydrogen-bond donors (Lipinski definition) is 2. The fourth-order valence-electron chi connectivity index (χ4n) is 1.61. The van der Waals surface area contributed by atoms with E-state index in [0.29, 0.717) is 11.3 Å². The van der Waals surface area contributed by atoms with E-state index in [1.165, 1.54) is 0 Å². The number of hydrogen-bond acceptors (Lipinski definition) is 4. The first-order valence-electron chi connectivity index (χ1n) is 6.07. The molecule has 0 spiro atoms. The highest BCUT2D eigenvalue weighted by Gasteiger charge is 2.05. The molecule has 0 unspecified atom stereocenters. The summed E-state index contributed by atoms with van der Waals surface area (Å²) in [6, 6.07) is 16.0. The zero-order chi connectivity index (χ0) is 15.1. The van der Waals surface area contributed by atoms with Gasteiger partial charge in [-0.1, -0.05) is 51.4 Å². The number of carbonyl (C=O) groups is 1. The molecule has 2 aromatic carbocycles. The zero-order valence-corrected chi connectivity index (χ0v) is 12.5. The van der Waals surface area contributed by atoms with Crippen molar-refractivity contribution < 1.29 is 10.0 Å². The number of nitrogens with one attached hydrogen (secondary N) is 1. The average Bonchev–Trinajstić information content (AvgIpc) is 2.52. The van der Waals surface area contributed by atoms with E-state index in [4.69, 9.17) is 5.21 Å². The molecule has 6 heteroatoms. The minimum atomic E-state index is -0.345. The van der Waals surface area contributed by atoms with Gasteiger partial charge < -0.3 is 5.21 Å². The third-order valence-electron chi connectivity index (χ3n) is 2.63. The number of oxime groups is 1. The molecule has 106 valence electrons. The lowest BCUT2D eigenvalue weighted by molar-refractivity contribution is 0.0955. The summed E-state index contributed by atoms with van der Waals surface area (Å²) < 4.78 is 0.889. The molecule has 0 aliphatic rings. The highest BCUT2D eigenvalue weighted by Crippen LogP contribution is 2.10. The maximum absolute atomic E-state index is 12.0. The standard InChI is InChI=1S/C15H12BrN3O2/c16-13-8-6-12(7-9-13)15(20)19-18-14(10-17-21)11-4-2-1-3-5-11/h1-10,21H,(H,19,20)/b17-10+,18-14+. The van der Waals surface area contributed by atoms with Crippen molar-refractivity contribution in [3.05, 3.63) is 70.2 Å². The molecule has 2 N–H and O–H groups in total. The monoisotopic (exact) mass is 345 g/mol. The van der Waals surface area contributed by atoms with Crippen LogP contribution in [-0.2, 0) is 0 Å². The highest BCUT2D eigenvalue weighted by atomic mass is 79.9. The molecular weight excluding hydrogens is 334 g/mol. The van der Waals surface area contributed by atoms with Crippen LogP contribution < -0.4 is 5.43 Å². The van der Waals surface area contributed by atoms with Gasteiger partial charge in [-0.3, -0.25) is 4.79 Å². The fourth-order valence-corrected chi connectivity index (χ4v) is 1.87. The Bertz CT molecular complexity index is 667. The molecule has 0 fully saturated rings. The molecule has 0 atom stereocenters. The Labute approximate surface area is 130 Å². The third kappa shape index (κ3) is 4.25. The molecule has 0 aromatic heterocycles. The average molecular weight is 346 g/mol. The topological polar surface area (TPSA) is 74.0 Å². The Hall–Kier alpha value is -2.47. The molecule has 0 bridgehead atoms. The second kappa shape index (κ2) is 7.35. The molecule has 1 amide bonds. The van der Waals surface area contributed by atoms with Crippen LogP contribution in [0.1, 0.15) is 15.9 Å². The molecule has 0 saturated carbocycles. The van der Waals surface area contributed by atoms with Crippen molar-refractivity contribution in [3.8, 4) is 0 Å². The summed E-state index contributed by atoms with van der Waals surface area (Å²) in [5, 5.41) is 15.6. The van der Waals surface area contributed by atoms with Crippen molar-refractivity contribution in [2.75, 3.05) is 0 Å². The van der Waals surface area contributed by atoms with Crippen molar-refractivity contribution in [3.63, 3.8) is 0 Å². The van der Waals surface area contributed by atoms with Gasteiger partial charge in [0.15, 0.2) is 0 Å². The van der Waals surface area contributed by atoms with E-state index in [1.54, 1.807) is 36.4 Å². The molecule has 0 radical (unpaired) electrons. The number of amides is 1. The van der Waals surface area contributed by atoms with Crippen LogP contribution in [0.5, 0.6) is 0 Å². The normalized spacial score (nSPS) is 11.6. The molecule has 0 saturated heterocycles. The summed E-state index contributed by atoms with van der Waals surface area (Å²) >= 11 is 3.30. The van der Waals surface area contributed by atoms with Crippen LogP contribution in [0.25, 0.3) is 0 Å². The van der Waals surface area contributed by atoms with Crippen LogP contribution in [0.4, 0.5) is 0 Å². The number of nitrogens with zero attached hydrogens (tertiary/aromatic N) is 2. The number of benzene rings is 2. The lowest BCUT2D eigenvalue weighted by Gasteiger charge is -2.03. The second-order valence-electron chi connectivity index (χ2n) is 4.06. The lowest BCUT2D eigenvalue weighted by atomic mass is 10.1. The van der Waals surface area contributed by atoms with Crippen molar-refractivity contribution in [2.24, 2.45) is 10.3 Å². The Morgan fingerprint density at radius 3 is 2.33 bits per heavy atom. The van der Waals surface area contributed by atoms with E-state index in [9.17, 15) is 4.79 Å². The molecule has 5 nitrogen and oxygen atoms in total. The first-order valence-corrected chi connectivity index (χ1v) is 6.86. The Morgan fingerprint density at radius 1 is 1.05 bits per heavy atom. The van der Waals surface area contributed by atoms with Crippen LogP contribution in [0.2, 0.25) is 0 Å². The van der Waals surface area contributed by atoms with E-state index in [-0.39, 0.29) is 5.91 Å². The number of carbonyl (C=O) groups excluding carboxylic acids is 1. The molecule has 2 rings (SSSR count). The van der Waals surface area contributed by atoms with Crippen molar-refractivity contribution in [1.82, 2.24) is 5.43 Å².